The number of nitrogens with two attached hydrogens (primary N) is 1. The van der Waals surface area contributed by atoms with Crippen LogP contribution in [0.3, 0.4) is 0 Å². The molecule has 1 aliphatic carbocycles. The fraction of sp³-hybridized carbons (Fsp3) is 0.800. The van der Waals surface area contributed by atoms with E-state index in [2.05, 4.69) is 38.7 Å². The van der Waals surface area contributed by atoms with E-state index in [1.54, 1.807) is 11.1 Å². The molecule has 1 saturated carbocycles. The Morgan fingerprint density at radius 2 is 1.68 bits per heavy atom. The van der Waals surface area contributed by atoms with Gasteiger partial charge in [0.25, 0.3) is 5.91 Å². The number of amides is 1. The molecule has 1 saturated heterocycles. The van der Waals surface area contributed by atoms with Gasteiger partial charge in [0.05, 0.1) is 0 Å². The molecule has 0 atom stereocenters. The Balaban J connectivity index is 2.25. The molecule has 0 bridgehead atoms. The molecule has 0 aromatic carbocycles. The van der Waals surface area contributed by atoms with Gasteiger partial charge in [-0.05, 0) is 53.4 Å². The van der Waals surface area contributed by atoms with Gasteiger partial charge in [-0.3, -0.25) is 4.79 Å². The maximum atomic E-state index is 12.9. The monoisotopic (exact) mass is 346 g/mol. The number of rotatable bonds is 3. The topological polar surface area (TPSA) is 73.4 Å². The maximum Gasteiger partial charge on any atom is 0.265 e. The van der Waals surface area contributed by atoms with E-state index in [0.29, 0.717) is 0 Å². The van der Waals surface area contributed by atoms with Gasteiger partial charge in [-0.25, -0.2) is 0 Å². The SMILES string of the molecule is CN(C(=O)/C(C#N)=C\N1C(C)(C)CC(N)CC1(C)C)C1CCCCC1. The lowest BCUT2D eigenvalue weighted by Crippen LogP contribution is -2.61. The van der Waals surface area contributed by atoms with Crippen molar-refractivity contribution < 1.29 is 4.79 Å². The van der Waals surface area contributed by atoms with Crippen LogP contribution in [0.15, 0.2) is 11.8 Å². The van der Waals surface area contributed by atoms with Crippen LogP contribution in [0.4, 0.5) is 0 Å². The molecule has 140 valence electrons. The Kier molecular flexibility index (Phi) is 5.83. The average Bonchev–Trinajstić information content (AvgIpc) is 2.52. The van der Waals surface area contributed by atoms with E-state index in [0.717, 1.165) is 38.5 Å². The lowest BCUT2D eigenvalue weighted by atomic mass is 9.77. The highest BCUT2D eigenvalue weighted by Crippen LogP contribution is 2.38. The third kappa shape index (κ3) is 4.36. The average molecular weight is 347 g/mol. The van der Waals surface area contributed by atoms with Crippen molar-refractivity contribution in [3.63, 3.8) is 0 Å². The number of hydrogen-bond acceptors (Lipinski definition) is 4. The molecule has 2 N–H and O–H groups in total. The summed E-state index contributed by atoms with van der Waals surface area (Å²) < 4.78 is 0. The van der Waals surface area contributed by atoms with Crippen molar-refractivity contribution in [1.29, 1.82) is 5.26 Å². The lowest BCUT2D eigenvalue weighted by Gasteiger charge is -2.54. The van der Waals surface area contributed by atoms with Crippen molar-refractivity contribution in [3.05, 3.63) is 11.8 Å². The standard InChI is InChI=1S/C20H34N4O/c1-19(2)11-16(22)12-20(3,4)24(19)14-15(13-21)18(25)23(5)17-9-7-6-8-10-17/h14,16-17H,6-12,22H2,1-5H3/b15-14-. The van der Waals surface area contributed by atoms with Gasteiger partial charge in [0, 0.05) is 36.4 Å². The molecule has 5 heteroatoms. The smallest absolute Gasteiger partial charge is 0.265 e. The summed E-state index contributed by atoms with van der Waals surface area (Å²) in [5.74, 6) is -0.157. The Hall–Kier alpha value is -1.54. The number of likely N-dealkylation sites (tertiary alicyclic amines) is 1. The maximum absolute atomic E-state index is 12.9. The second-order valence-corrected chi connectivity index (χ2v) is 9.03. The molecule has 5 nitrogen and oxygen atoms in total. The zero-order valence-electron chi connectivity index (χ0n) is 16.5. The third-order valence-corrected chi connectivity index (χ3v) is 5.88. The molecule has 0 radical (unpaired) electrons. The minimum Gasteiger partial charge on any atom is -0.366 e. The predicted molar refractivity (Wildman–Crippen MR) is 101 cm³/mol. The van der Waals surface area contributed by atoms with Gasteiger partial charge in [0.15, 0.2) is 0 Å². The quantitative estimate of drug-likeness (QED) is 0.629. The molecule has 2 aliphatic rings. The molecule has 1 amide bonds. The van der Waals surface area contributed by atoms with Crippen LogP contribution < -0.4 is 5.73 Å². The van der Waals surface area contributed by atoms with Crippen LogP contribution in [0.1, 0.15) is 72.6 Å². The van der Waals surface area contributed by atoms with Crippen LogP contribution in [0.25, 0.3) is 0 Å². The normalized spacial score (nSPS) is 24.7. The highest BCUT2D eigenvalue weighted by atomic mass is 16.2. The number of carbonyl (C=O) groups is 1. The van der Waals surface area contributed by atoms with Crippen molar-refractivity contribution >= 4 is 5.91 Å². The molecule has 1 aliphatic heterocycles. The van der Waals surface area contributed by atoms with E-state index in [4.69, 9.17) is 5.73 Å². The molecular formula is C20H34N4O. The molecule has 0 spiro atoms. The van der Waals surface area contributed by atoms with E-state index >= 15 is 0 Å². The van der Waals surface area contributed by atoms with Gasteiger partial charge in [0.2, 0.25) is 0 Å². The van der Waals surface area contributed by atoms with Crippen LogP contribution in [0.5, 0.6) is 0 Å². The fourth-order valence-corrected chi connectivity index (χ4v) is 4.81. The van der Waals surface area contributed by atoms with E-state index in [1.165, 1.54) is 6.42 Å². The molecule has 2 fully saturated rings. The summed E-state index contributed by atoms with van der Waals surface area (Å²) in [7, 11) is 1.84. The molecule has 1 heterocycles. The lowest BCUT2D eigenvalue weighted by molar-refractivity contribution is -0.128. The minimum absolute atomic E-state index is 0.140. The Morgan fingerprint density at radius 3 is 2.16 bits per heavy atom. The van der Waals surface area contributed by atoms with Crippen molar-refractivity contribution in [2.45, 2.75) is 95.8 Å². The van der Waals surface area contributed by atoms with E-state index in [9.17, 15) is 10.1 Å². The molecule has 0 unspecified atom stereocenters. The largest absolute Gasteiger partial charge is 0.366 e. The molecular weight excluding hydrogens is 312 g/mol. The summed E-state index contributed by atoms with van der Waals surface area (Å²) in [5, 5.41) is 9.65. The van der Waals surface area contributed by atoms with E-state index in [1.807, 2.05) is 7.05 Å². The van der Waals surface area contributed by atoms with E-state index < -0.39 is 0 Å². The first-order chi connectivity index (χ1) is 11.6. The minimum atomic E-state index is -0.188. The van der Waals surface area contributed by atoms with Gasteiger partial charge in [-0.15, -0.1) is 0 Å². The zero-order chi connectivity index (χ0) is 18.8. The van der Waals surface area contributed by atoms with Crippen LogP contribution >= 0.6 is 0 Å². The summed E-state index contributed by atoms with van der Waals surface area (Å²) in [4.78, 5) is 16.9. The van der Waals surface area contributed by atoms with Gasteiger partial charge in [0.1, 0.15) is 11.6 Å². The summed E-state index contributed by atoms with van der Waals surface area (Å²) >= 11 is 0. The highest BCUT2D eigenvalue weighted by Gasteiger charge is 2.43. The molecule has 0 aromatic rings. The van der Waals surface area contributed by atoms with Crippen LogP contribution in [-0.2, 0) is 4.79 Å². The van der Waals surface area contributed by atoms with Crippen LogP contribution in [-0.4, -0.2) is 45.9 Å². The number of hydrogen-bond donors (Lipinski definition) is 1. The summed E-state index contributed by atoms with van der Waals surface area (Å²) in [6.45, 7) is 8.53. The zero-order valence-corrected chi connectivity index (χ0v) is 16.5. The van der Waals surface area contributed by atoms with Crippen LogP contribution in [0.2, 0.25) is 0 Å². The first kappa shape index (κ1) is 19.8. The first-order valence-corrected chi connectivity index (χ1v) is 9.52. The van der Waals surface area contributed by atoms with Crippen LogP contribution in [0, 0.1) is 11.3 Å². The fourth-order valence-electron chi connectivity index (χ4n) is 4.81. The Bertz CT molecular complexity index is 549. The van der Waals surface area contributed by atoms with E-state index in [-0.39, 0.29) is 34.6 Å². The molecule has 0 aromatic heterocycles. The number of piperidine rings is 1. The number of nitrogens with zero attached hydrogens (tertiary/aromatic N) is 3. The van der Waals surface area contributed by atoms with Crippen molar-refractivity contribution in [1.82, 2.24) is 9.80 Å². The van der Waals surface area contributed by atoms with Gasteiger partial charge < -0.3 is 15.5 Å². The number of carbonyl (C=O) groups excluding carboxylic acids is 1. The molecule has 2 rings (SSSR count). The first-order valence-electron chi connectivity index (χ1n) is 9.52. The third-order valence-electron chi connectivity index (χ3n) is 5.88. The highest BCUT2D eigenvalue weighted by molar-refractivity contribution is 5.97. The van der Waals surface area contributed by atoms with Gasteiger partial charge >= 0.3 is 0 Å². The summed E-state index contributed by atoms with van der Waals surface area (Å²) in [6.07, 6.45) is 9.13. The Labute approximate surface area is 152 Å². The van der Waals surface area contributed by atoms with Gasteiger partial charge in [-0.1, -0.05) is 19.3 Å². The Morgan fingerprint density at radius 1 is 1.16 bits per heavy atom. The van der Waals surface area contributed by atoms with Crippen molar-refractivity contribution in [2.75, 3.05) is 7.05 Å². The number of likely N-dealkylation sites (N-methyl/N-ethyl adjacent to an activating group) is 1. The summed E-state index contributed by atoms with van der Waals surface area (Å²) in [6, 6.07) is 2.55. The van der Waals surface area contributed by atoms with Gasteiger partial charge in [-0.2, -0.15) is 5.26 Å². The number of nitriles is 1. The predicted octanol–water partition coefficient (Wildman–Crippen LogP) is 3.17. The second-order valence-electron chi connectivity index (χ2n) is 9.03. The molecule has 25 heavy (non-hydrogen) atoms. The second kappa shape index (κ2) is 7.37. The van der Waals surface area contributed by atoms with Crippen molar-refractivity contribution in [2.24, 2.45) is 5.73 Å². The van der Waals surface area contributed by atoms with Crippen molar-refractivity contribution in [3.8, 4) is 6.07 Å². The summed E-state index contributed by atoms with van der Waals surface area (Å²) in [5.41, 5.74) is 6.08.